The molecule has 0 unspecified atom stereocenters. The fourth-order valence-corrected chi connectivity index (χ4v) is 4.22. The maximum atomic E-state index is 13.3. The first-order chi connectivity index (χ1) is 15.0. The molecule has 0 fully saturated rings. The Bertz CT molecular complexity index is 1050. The van der Waals surface area contributed by atoms with Crippen molar-refractivity contribution in [3.63, 3.8) is 0 Å². The molecule has 174 valence electrons. The molecule has 0 aliphatic heterocycles. The largest absolute Gasteiger partial charge is 0.354 e. The zero-order chi connectivity index (χ0) is 23.9. The molecular weight excluding hydrogens is 473 g/mol. The average Bonchev–Trinajstić information content (AvgIpc) is 2.73. The number of anilines is 1. The molecule has 2 rings (SSSR count). The van der Waals surface area contributed by atoms with E-state index in [-0.39, 0.29) is 12.5 Å². The SMILES string of the molecule is CCCNC(=O)[C@H](C)N(Cc1cccc(Cl)c1)C(=O)CN(c1ccc(Cl)cc1)S(C)(=O)=O. The van der Waals surface area contributed by atoms with Crippen molar-refractivity contribution in [3.8, 4) is 0 Å². The van der Waals surface area contributed by atoms with Crippen LogP contribution in [0.4, 0.5) is 5.69 Å². The molecule has 1 N–H and O–H groups in total. The Morgan fingerprint density at radius 1 is 1.06 bits per heavy atom. The molecule has 0 aliphatic carbocycles. The van der Waals surface area contributed by atoms with Crippen LogP contribution < -0.4 is 9.62 Å². The Balaban J connectivity index is 2.35. The Kier molecular flexibility index (Phi) is 9.36. The number of rotatable bonds is 10. The van der Waals surface area contributed by atoms with Crippen molar-refractivity contribution in [1.29, 1.82) is 0 Å². The Hall–Kier alpha value is -2.29. The third-order valence-electron chi connectivity index (χ3n) is 4.75. The first-order valence-corrected chi connectivity index (χ1v) is 12.7. The van der Waals surface area contributed by atoms with E-state index in [4.69, 9.17) is 23.2 Å². The average molecular weight is 500 g/mol. The van der Waals surface area contributed by atoms with Gasteiger partial charge >= 0.3 is 0 Å². The van der Waals surface area contributed by atoms with Gasteiger partial charge < -0.3 is 10.2 Å². The van der Waals surface area contributed by atoms with Crippen molar-refractivity contribution in [3.05, 3.63) is 64.1 Å². The number of benzene rings is 2. The molecule has 7 nitrogen and oxygen atoms in total. The fraction of sp³-hybridized carbons (Fsp3) is 0.364. The number of halogens is 2. The summed E-state index contributed by atoms with van der Waals surface area (Å²) < 4.78 is 25.9. The van der Waals surface area contributed by atoms with Gasteiger partial charge in [0.05, 0.1) is 11.9 Å². The van der Waals surface area contributed by atoms with Crippen LogP contribution in [-0.4, -0.2) is 50.5 Å². The van der Waals surface area contributed by atoms with Gasteiger partial charge in [0.15, 0.2) is 0 Å². The van der Waals surface area contributed by atoms with Crippen molar-refractivity contribution in [2.45, 2.75) is 32.9 Å². The van der Waals surface area contributed by atoms with E-state index < -0.39 is 28.5 Å². The van der Waals surface area contributed by atoms with Crippen molar-refractivity contribution >= 4 is 50.7 Å². The number of hydrogen-bond acceptors (Lipinski definition) is 4. The van der Waals surface area contributed by atoms with Gasteiger partial charge in [-0.05, 0) is 55.3 Å². The molecule has 0 spiro atoms. The van der Waals surface area contributed by atoms with E-state index in [1.165, 1.54) is 17.0 Å². The lowest BCUT2D eigenvalue weighted by atomic mass is 10.1. The first kappa shape index (κ1) is 26.0. The zero-order valence-electron chi connectivity index (χ0n) is 18.2. The van der Waals surface area contributed by atoms with Crippen LogP contribution in [0.5, 0.6) is 0 Å². The Labute approximate surface area is 199 Å². The summed E-state index contributed by atoms with van der Waals surface area (Å²) in [4.78, 5) is 27.3. The van der Waals surface area contributed by atoms with Crippen molar-refractivity contribution in [1.82, 2.24) is 10.2 Å². The van der Waals surface area contributed by atoms with Crippen LogP contribution in [0.25, 0.3) is 0 Å². The summed E-state index contributed by atoms with van der Waals surface area (Å²) in [5.41, 5.74) is 1.02. The van der Waals surface area contributed by atoms with E-state index >= 15 is 0 Å². The van der Waals surface area contributed by atoms with Gasteiger partial charge in [-0.15, -0.1) is 0 Å². The molecule has 10 heteroatoms. The minimum Gasteiger partial charge on any atom is -0.354 e. The number of hydrogen-bond donors (Lipinski definition) is 1. The molecule has 0 aromatic heterocycles. The highest BCUT2D eigenvalue weighted by molar-refractivity contribution is 7.92. The molecule has 1 atom stereocenters. The van der Waals surface area contributed by atoms with Gasteiger partial charge in [-0.2, -0.15) is 0 Å². The first-order valence-electron chi connectivity index (χ1n) is 10.1. The number of nitrogens with one attached hydrogen (secondary N) is 1. The van der Waals surface area contributed by atoms with Crippen LogP contribution in [0.15, 0.2) is 48.5 Å². The number of carbonyl (C=O) groups is 2. The molecule has 2 amide bonds. The van der Waals surface area contributed by atoms with Gasteiger partial charge in [0.1, 0.15) is 12.6 Å². The number of nitrogens with zero attached hydrogens (tertiary/aromatic N) is 2. The van der Waals surface area contributed by atoms with Crippen molar-refractivity contribution in [2.75, 3.05) is 23.7 Å². The molecule has 0 aliphatic rings. The van der Waals surface area contributed by atoms with E-state index in [9.17, 15) is 18.0 Å². The summed E-state index contributed by atoms with van der Waals surface area (Å²) in [6.07, 6.45) is 1.77. The maximum absolute atomic E-state index is 13.3. The predicted octanol–water partition coefficient (Wildman–Crippen LogP) is 3.70. The van der Waals surface area contributed by atoms with E-state index in [2.05, 4.69) is 5.32 Å². The van der Waals surface area contributed by atoms with Crippen LogP contribution >= 0.6 is 23.2 Å². The van der Waals surface area contributed by atoms with Gasteiger partial charge in [0.2, 0.25) is 21.8 Å². The molecule has 32 heavy (non-hydrogen) atoms. The van der Waals surface area contributed by atoms with Crippen LogP contribution in [0.1, 0.15) is 25.8 Å². The topological polar surface area (TPSA) is 86.8 Å². The molecule has 0 heterocycles. The van der Waals surface area contributed by atoms with Crippen LogP contribution in [0.3, 0.4) is 0 Å². The van der Waals surface area contributed by atoms with Gasteiger partial charge in [0.25, 0.3) is 0 Å². The molecule has 0 radical (unpaired) electrons. The highest BCUT2D eigenvalue weighted by Crippen LogP contribution is 2.22. The van der Waals surface area contributed by atoms with Gasteiger partial charge in [0, 0.05) is 23.1 Å². The second kappa shape index (κ2) is 11.5. The molecular formula is C22H27Cl2N3O4S. The van der Waals surface area contributed by atoms with Crippen molar-refractivity contribution in [2.24, 2.45) is 0 Å². The molecule has 0 bridgehead atoms. The minimum absolute atomic E-state index is 0.0956. The second-order valence-corrected chi connectivity index (χ2v) is 10.1. The second-order valence-electron chi connectivity index (χ2n) is 7.36. The quantitative estimate of drug-likeness (QED) is 0.539. The summed E-state index contributed by atoms with van der Waals surface area (Å²) in [7, 11) is -3.78. The van der Waals surface area contributed by atoms with E-state index in [1.807, 2.05) is 6.92 Å². The maximum Gasteiger partial charge on any atom is 0.244 e. The monoisotopic (exact) mass is 499 g/mol. The highest BCUT2D eigenvalue weighted by Gasteiger charge is 2.30. The van der Waals surface area contributed by atoms with E-state index in [1.54, 1.807) is 43.3 Å². The number of amides is 2. The lowest BCUT2D eigenvalue weighted by molar-refractivity contribution is -0.139. The number of sulfonamides is 1. The van der Waals surface area contributed by atoms with Crippen LogP contribution in [0.2, 0.25) is 10.0 Å². The molecule has 0 saturated carbocycles. The Morgan fingerprint density at radius 3 is 2.28 bits per heavy atom. The van der Waals surface area contributed by atoms with Crippen LogP contribution in [0, 0.1) is 0 Å². The van der Waals surface area contributed by atoms with Gasteiger partial charge in [-0.25, -0.2) is 8.42 Å². The normalized spacial score (nSPS) is 12.2. The predicted molar refractivity (Wildman–Crippen MR) is 128 cm³/mol. The third kappa shape index (κ3) is 7.39. The van der Waals surface area contributed by atoms with E-state index in [0.717, 1.165) is 22.5 Å². The smallest absolute Gasteiger partial charge is 0.244 e. The van der Waals surface area contributed by atoms with E-state index in [0.29, 0.717) is 22.3 Å². The molecule has 2 aromatic carbocycles. The lowest BCUT2D eigenvalue weighted by Gasteiger charge is -2.31. The summed E-state index contributed by atoms with van der Waals surface area (Å²) in [5, 5.41) is 3.72. The lowest BCUT2D eigenvalue weighted by Crippen LogP contribution is -2.51. The summed E-state index contributed by atoms with van der Waals surface area (Å²) in [6.45, 7) is 3.64. The zero-order valence-corrected chi connectivity index (χ0v) is 20.5. The standard InChI is InChI=1S/C22H27Cl2N3O4S/c1-4-12-25-22(29)16(2)26(14-17-6-5-7-19(24)13-17)21(28)15-27(32(3,30)31)20-10-8-18(23)9-11-20/h5-11,13,16H,4,12,14-15H2,1-3H3,(H,25,29)/t16-/m0/s1. The Morgan fingerprint density at radius 2 is 1.72 bits per heavy atom. The van der Waals surface area contributed by atoms with Gasteiger partial charge in [-0.1, -0.05) is 42.3 Å². The van der Waals surface area contributed by atoms with Gasteiger partial charge in [-0.3, -0.25) is 13.9 Å². The third-order valence-corrected chi connectivity index (χ3v) is 6.38. The number of carbonyl (C=O) groups excluding carboxylic acids is 2. The summed E-state index contributed by atoms with van der Waals surface area (Å²) >= 11 is 12.0. The molecule has 0 saturated heterocycles. The van der Waals surface area contributed by atoms with Crippen LogP contribution in [-0.2, 0) is 26.2 Å². The highest BCUT2D eigenvalue weighted by atomic mass is 35.5. The summed E-state index contributed by atoms with van der Waals surface area (Å²) in [6, 6.07) is 12.3. The fourth-order valence-electron chi connectivity index (χ4n) is 3.03. The van der Waals surface area contributed by atoms with Crippen molar-refractivity contribution < 1.29 is 18.0 Å². The minimum atomic E-state index is -3.78. The molecule has 2 aromatic rings. The summed E-state index contributed by atoms with van der Waals surface area (Å²) in [5.74, 6) is -0.843.